The predicted octanol–water partition coefficient (Wildman–Crippen LogP) is 2.49. The van der Waals surface area contributed by atoms with Gasteiger partial charge in [-0.05, 0) is 37.8 Å². The highest BCUT2D eigenvalue weighted by Gasteiger charge is 2.47. The van der Waals surface area contributed by atoms with Crippen LogP contribution in [0.2, 0.25) is 0 Å². The zero-order valence-corrected chi connectivity index (χ0v) is 22.4. The molecule has 2 aromatic heterocycles. The van der Waals surface area contributed by atoms with Crippen molar-refractivity contribution in [3.8, 4) is 11.2 Å². The number of fused-ring (bicyclic) bond motifs is 1. The Morgan fingerprint density at radius 1 is 1.08 bits per heavy atom. The maximum atomic E-state index is 13.4. The highest BCUT2D eigenvalue weighted by atomic mass is 32.2. The van der Waals surface area contributed by atoms with Gasteiger partial charge >= 0.3 is 6.03 Å². The number of hydrogen-bond acceptors (Lipinski definition) is 9. The fourth-order valence-electron chi connectivity index (χ4n) is 4.98. The molecule has 1 N–H and O–H groups in total. The van der Waals surface area contributed by atoms with Crippen LogP contribution in [0.3, 0.4) is 0 Å². The number of rotatable bonds is 6. The van der Waals surface area contributed by atoms with Crippen LogP contribution >= 0.6 is 11.3 Å². The first-order valence-corrected chi connectivity index (χ1v) is 14.9. The minimum absolute atomic E-state index is 0.0167. The first kappa shape index (κ1) is 25.8. The number of piperazine rings is 1. The van der Waals surface area contributed by atoms with E-state index in [1.807, 2.05) is 20.8 Å². The van der Waals surface area contributed by atoms with Gasteiger partial charge in [-0.2, -0.15) is 15.1 Å². The summed E-state index contributed by atoms with van der Waals surface area (Å²) in [7, 11) is -4.10. The van der Waals surface area contributed by atoms with Gasteiger partial charge in [0.2, 0.25) is 15.2 Å². The van der Waals surface area contributed by atoms with Crippen LogP contribution < -0.4 is 9.62 Å². The van der Waals surface area contributed by atoms with E-state index in [4.69, 9.17) is 0 Å². The van der Waals surface area contributed by atoms with Gasteiger partial charge < -0.3 is 14.7 Å². The van der Waals surface area contributed by atoms with E-state index in [9.17, 15) is 27.3 Å². The zero-order valence-electron chi connectivity index (χ0n) is 20.8. The summed E-state index contributed by atoms with van der Waals surface area (Å²) < 4.78 is 56.9. The highest BCUT2D eigenvalue weighted by molar-refractivity contribution is 7.89. The number of carbonyl (C=O) groups is 1. The predicted molar refractivity (Wildman–Crippen MR) is 137 cm³/mol. The van der Waals surface area contributed by atoms with E-state index in [1.165, 1.54) is 23.0 Å². The average molecular weight is 578 g/mol. The minimum Gasteiger partial charge on any atom is -0.367 e. The molecule has 16 heteroatoms. The second kappa shape index (κ2) is 9.65. The number of benzene rings is 1. The molecule has 2 saturated heterocycles. The van der Waals surface area contributed by atoms with Gasteiger partial charge in [0.05, 0.1) is 22.7 Å². The lowest BCUT2D eigenvalue weighted by molar-refractivity contribution is 0.150. The molecule has 0 bridgehead atoms. The maximum Gasteiger partial charge on any atom is 0.320 e. The Kier molecular flexibility index (Phi) is 6.39. The van der Waals surface area contributed by atoms with Gasteiger partial charge in [0, 0.05) is 50.3 Å². The Bertz CT molecular complexity index is 1560. The summed E-state index contributed by atoms with van der Waals surface area (Å²) in [6.45, 7) is 3.38. The average Bonchev–Trinajstić information content (AvgIpc) is 3.38. The number of carbonyl (C=O) groups excluding carboxylic acids is 1. The van der Waals surface area contributed by atoms with Crippen molar-refractivity contribution in [2.75, 3.05) is 44.2 Å². The monoisotopic (exact) mass is 577 g/mol. The van der Waals surface area contributed by atoms with Gasteiger partial charge in [-0.1, -0.05) is 11.3 Å². The van der Waals surface area contributed by atoms with Crippen molar-refractivity contribution in [3.05, 3.63) is 23.3 Å². The minimum atomic E-state index is -4.10. The molecule has 0 unspecified atom stereocenters. The van der Waals surface area contributed by atoms with Crippen LogP contribution in [0, 0.1) is 11.3 Å². The van der Waals surface area contributed by atoms with E-state index >= 15 is 0 Å². The molecule has 4 heterocycles. The molecule has 39 heavy (non-hydrogen) atoms. The zero-order chi connectivity index (χ0) is 27.4. The number of anilines is 1. The molecule has 2 aliphatic heterocycles. The lowest BCUT2D eigenvalue weighted by atomic mass is 10.1. The Morgan fingerprint density at radius 2 is 1.77 bits per heavy atom. The molecule has 3 aromatic rings. The van der Waals surface area contributed by atoms with Crippen molar-refractivity contribution in [1.82, 2.24) is 34.5 Å². The molecule has 2 amide bonds. The van der Waals surface area contributed by atoms with Crippen LogP contribution in [0.15, 0.2) is 23.2 Å². The van der Waals surface area contributed by atoms with Crippen molar-refractivity contribution in [2.45, 2.75) is 42.5 Å². The van der Waals surface area contributed by atoms with E-state index in [2.05, 4.69) is 20.0 Å². The number of nitriles is 1. The first-order valence-electron chi connectivity index (χ1n) is 12.6. The van der Waals surface area contributed by atoms with Crippen LogP contribution in [0.1, 0.15) is 37.1 Å². The number of amides is 2. The van der Waals surface area contributed by atoms with E-state index in [0.717, 1.165) is 25.9 Å². The number of halogens is 2. The number of alkyl halides is 2. The molecule has 1 saturated carbocycles. The Labute approximate surface area is 226 Å². The topological polar surface area (TPSA) is 140 Å². The summed E-state index contributed by atoms with van der Waals surface area (Å²) in [5.74, 6) is 0. The van der Waals surface area contributed by atoms with Crippen LogP contribution in [0.25, 0.3) is 16.0 Å². The number of nitrogens with one attached hydrogen (secondary N) is 1. The summed E-state index contributed by atoms with van der Waals surface area (Å²) in [6, 6.07) is 4.98. The third kappa shape index (κ3) is 4.79. The van der Waals surface area contributed by atoms with Crippen molar-refractivity contribution >= 4 is 44.0 Å². The molecule has 0 radical (unpaired) electrons. The molecular weight excluding hydrogens is 552 g/mol. The van der Waals surface area contributed by atoms with E-state index in [1.54, 1.807) is 0 Å². The molecular formula is C23H25F2N9O3S2. The lowest BCUT2D eigenvalue weighted by Crippen LogP contribution is -2.52. The standard InChI is InChI=1S/C23H25F2N9O3S2/c24-19(25)20-28-29-21(38-20)34-18-12-15(39(36,37)30-23(14-26)3-4-23)11-17(16(18)13-27-34)31-7-9-33(10-8-31)22(35)32-5-1-2-6-32/h11-13,19,30H,1-10H2. The van der Waals surface area contributed by atoms with Crippen LogP contribution in [-0.2, 0) is 10.0 Å². The third-order valence-electron chi connectivity index (χ3n) is 7.31. The number of hydrogen-bond donors (Lipinski definition) is 1. The third-order valence-corrected chi connectivity index (χ3v) is 9.73. The van der Waals surface area contributed by atoms with Crippen LogP contribution in [-0.4, -0.2) is 89.0 Å². The van der Waals surface area contributed by atoms with Gasteiger partial charge in [0.15, 0.2) is 5.01 Å². The van der Waals surface area contributed by atoms with Crippen LogP contribution in [0.5, 0.6) is 0 Å². The summed E-state index contributed by atoms with van der Waals surface area (Å²) in [4.78, 5) is 18.4. The van der Waals surface area contributed by atoms with E-state index < -0.39 is 27.0 Å². The highest BCUT2D eigenvalue weighted by Crippen LogP contribution is 2.38. The van der Waals surface area contributed by atoms with Gasteiger partial charge in [0.25, 0.3) is 6.43 Å². The Balaban J connectivity index is 1.37. The summed E-state index contributed by atoms with van der Waals surface area (Å²) in [5.41, 5.74) is -0.198. The van der Waals surface area contributed by atoms with Crippen molar-refractivity contribution < 1.29 is 22.0 Å². The smallest absolute Gasteiger partial charge is 0.320 e. The first-order chi connectivity index (χ1) is 18.7. The Hall–Kier alpha value is -3.42. The molecule has 3 fully saturated rings. The molecule has 6 rings (SSSR count). The van der Waals surface area contributed by atoms with E-state index in [-0.39, 0.29) is 16.1 Å². The van der Waals surface area contributed by atoms with Gasteiger partial charge in [0.1, 0.15) is 5.54 Å². The van der Waals surface area contributed by atoms with Gasteiger partial charge in [-0.3, -0.25) is 0 Å². The second-order valence-corrected chi connectivity index (χ2v) is 12.6. The van der Waals surface area contributed by atoms with Gasteiger partial charge in [-0.15, -0.1) is 10.2 Å². The normalized spacial score (nSPS) is 19.2. The largest absolute Gasteiger partial charge is 0.367 e. The molecule has 206 valence electrons. The van der Waals surface area contributed by atoms with Crippen molar-refractivity contribution in [1.29, 1.82) is 5.26 Å². The number of nitrogens with zero attached hydrogens (tertiary/aromatic N) is 8. The quantitative estimate of drug-likeness (QED) is 0.471. The SMILES string of the molecule is N#CC1(NS(=O)(=O)c2cc(N3CCN(C(=O)N4CCCC4)CC3)c3cnn(-c4nnc(C(F)F)s4)c3c2)CC1. The summed E-state index contributed by atoms with van der Waals surface area (Å²) in [5, 5.41) is 21.3. The molecule has 1 aliphatic carbocycles. The maximum absolute atomic E-state index is 13.4. The number of aromatic nitrogens is 4. The molecule has 0 spiro atoms. The molecule has 12 nitrogen and oxygen atoms in total. The van der Waals surface area contributed by atoms with Gasteiger partial charge in [-0.25, -0.2) is 26.7 Å². The fourth-order valence-corrected chi connectivity index (χ4v) is 7.06. The Morgan fingerprint density at radius 3 is 2.38 bits per heavy atom. The van der Waals surface area contributed by atoms with Crippen molar-refractivity contribution in [2.24, 2.45) is 0 Å². The number of sulfonamides is 1. The second-order valence-electron chi connectivity index (χ2n) is 9.91. The fraction of sp³-hybridized carbons (Fsp3) is 0.522. The molecule has 1 aromatic carbocycles. The number of likely N-dealkylation sites (tertiary alicyclic amines) is 1. The van der Waals surface area contributed by atoms with Crippen molar-refractivity contribution in [3.63, 3.8) is 0 Å². The van der Waals surface area contributed by atoms with E-state index in [0.29, 0.717) is 66.9 Å². The summed E-state index contributed by atoms with van der Waals surface area (Å²) >= 11 is 0.665. The summed E-state index contributed by atoms with van der Waals surface area (Å²) in [6.07, 6.45) is 1.59. The van der Waals surface area contributed by atoms with Crippen LogP contribution in [0.4, 0.5) is 19.3 Å². The lowest BCUT2D eigenvalue weighted by Gasteiger charge is -2.38. The number of urea groups is 1. The molecule has 3 aliphatic rings. The molecule has 0 atom stereocenters.